The smallest absolute Gasteiger partial charge is 0.426 e. The highest BCUT2D eigenvalue weighted by molar-refractivity contribution is 5.89. The lowest BCUT2D eigenvalue weighted by Crippen LogP contribution is -2.53. The lowest BCUT2D eigenvalue weighted by molar-refractivity contribution is -0.123. The molecule has 0 aliphatic heterocycles. The van der Waals surface area contributed by atoms with Crippen LogP contribution in [-0.2, 0) is 27.3 Å². The molecule has 1 atom stereocenters. The summed E-state index contributed by atoms with van der Waals surface area (Å²) >= 11 is 0. The second kappa shape index (κ2) is 12.5. The number of hydrogen-bond acceptors (Lipinski definition) is 5. The Labute approximate surface area is 248 Å². The molecule has 4 N–H and O–H groups in total. The molecule has 1 aromatic heterocycles. The number of rotatable bonds is 8. The van der Waals surface area contributed by atoms with Crippen molar-refractivity contribution in [3.63, 3.8) is 0 Å². The van der Waals surface area contributed by atoms with Gasteiger partial charge in [0.05, 0.1) is 0 Å². The first-order valence-electron chi connectivity index (χ1n) is 14.0. The molecule has 0 fully saturated rings. The van der Waals surface area contributed by atoms with Gasteiger partial charge in [-0.1, -0.05) is 97.1 Å². The summed E-state index contributed by atoms with van der Waals surface area (Å²) in [5.74, 6) is -0.750. The molecule has 5 aromatic rings. The van der Waals surface area contributed by atoms with E-state index in [1.807, 2.05) is 91.0 Å². The van der Waals surface area contributed by atoms with Gasteiger partial charge in [-0.3, -0.25) is 10.2 Å². The zero-order valence-corrected chi connectivity index (χ0v) is 23.2. The van der Waals surface area contributed by atoms with E-state index in [4.69, 9.17) is 9.47 Å². The molecule has 9 nitrogen and oxygen atoms in total. The number of carbonyl (C=O) groups excluding carboxylic acids is 3. The van der Waals surface area contributed by atoms with Crippen LogP contribution in [0.5, 0.6) is 0 Å². The fourth-order valence-corrected chi connectivity index (χ4v) is 5.47. The van der Waals surface area contributed by atoms with E-state index in [-0.39, 0.29) is 25.6 Å². The molecule has 0 radical (unpaired) electrons. The highest BCUT2D eigenvalue weighted by atomic mass is 16.6. The van der Waals surface area contributed by atoms with Crippen molar-refractivity contribution in [2.24, 2.45) is 0 Å². The van der Waals surface area contributed by atoms with Gasteiger partial charge in [-0.05, 0) is 39.4 Å². The second-order valence-corrected chi connectivity index (χ2v) is 10.3. The molecule has 0 bridgehead atoms. The van der Waals surface area contributed by atoms with Crippen LogP contribution in [0, 0.1) is 0 Å². The third-order valence-electron chi connectivity index (χ3n) is 7.55. The van der Waals surface area contributed by atoms with Gasteiger partial charge in [0.25, 0.3) is 5.91 Å². The molecule has 3 amide bonds. The van der Waals surface area contributed by atoms with Crippen molar-refractivity contribution in [1.82, 2.24) is 21.2 Å². The molecule has 9 heteroatoms. The Morgan fingerprint density at radius 1 is 0.721 bits per heavy atom. The number of hydrogen-bond donors (Lipinski definition) is 4. The Kier molecular flexibility index (Phi) is 8.04. The maximum Gasteiger partial charge on any atom is 0.426 e. The first kappa shape index (κ1) is 27.6. The van der Waals surface area contributed by atoms with Crippen LogP contribution in [-0.4, -0.2) is 35.7 Å². The van der Waals surface area contributed by atoms with Gasteiger partial charge < -0.3 is 19.8 Å². The number of alkyl carbamates (subject to hydrolysis) is 1. The topological polar surface area (TPSA) is 122 Å². The fraction of sp³-hybridized carbons (Fsp3) is 0.147. The molecule has 1 heterocycles. The fourth-order valence-electron chi connectivity index (χ4n) is 5.47. The van der Waals surface area contributed by atoms with Crippen LogP contribution >= 0.6 is 0 Å². The van der Waals surface area contributed by atoms with Gasteiger partial charge >= 0.3 is 12.2 Å². The molecule has 216 valence electrons. The summed E-state index contributed by atoms with van der Waals surface area (Å²) in [6.07, 6.45) is 0.376. The van der Waals surface area contributed by atoms with Crippen molar-refractivity contribution in [2.45, 2.75) is 25.0 Å². The van der Waals surface area contributed by atoms with Crippen molar-refractivity contribution in [1.29, 1.82) is 0 Å². The number of aromatic amines is 1. The number of fused-ring (bicyclic) bond motifs is 4. The first-order chi connectivity index (χ1) is 21.1. The molecule has 6 rings (SSSR count). The highest BCUT2D eigenvalue weighted by Crippen LogP contribution is 2.44. The van der Waals surface area contributed by atoms with E-state index in [0.29, 0.717) is 0 Å². The van der Waals surface area contributed by atoms with Gasteiger partial charge in [-0.2, -0.15) is 0 Å². The van der Waals surface area contributed by atoms with E-state index >= 15 is 0 Å². The predicted octanol–water partition coefficient (Wildman–Crippen LogP) is 5.58. The Hall–Kier alpha value is -5.57. The number of aromatic nitrogens is 1. The Balaban J connectivity index is 1.09. The Morgan fingerprint density at radius 3 is 2.12 bits per heavy atom. The summed E-state index contributed by atoms with van der Waals surface area (Å²) in [5, 5.41) is 3.55. The summed E-state index contributed by atoms with van der Waals surface area (Å²) in [6, 6.07) is 31.9. The van der Waals surface area contributed by atoms with Crippen LogP contribution < -0.4 is 16.2 Å². The van der Waals surface area contributed by atoms with Gasteiger partial charge in [0.1, 0.15) is 19.3 Å². The average Bonchev–Trinajstić information content (AvgIpc) is 3.60. The monoisotopic (exact) mass is 574 g/mol. The zero-order chi connectivity index (χ0) is 29.6. The third kappa shape index (κ3) is 6.20. The molecule has 0 unspecified atom stereocenters. The SMILES string of the molecule is O=C(NNC(=O)[C@@H](Cc1c[nH]c2ccccc12)NC(=O)OCc1ccccc1)OCC1c2ccccc2-c2ccccc21. The van der Waals surface area contributed by atoms with Gasteiger partial charge in [0.2, 0.25) is 0 Å². The maximum absolute atomic E-state index is 13.2. The van der Waals surface area contributed by atoms with Crippen LogP contribution in [0.3, 0.4) is 0 Å². The molecular weight excluding hydrogens is 544 g/mol. The van der Waals surface area contributed by atoms with Gasteiger partial charge in [-0.15, -0.1) is 0 Å². The number of nitrogens with one attached hydrogen (secondary N) is 4. The normalized spacial score (nSPS) is 12.6. The number of hydrazine groups is 1. The van der Waals surface area contributed by atoms with Crippen LogP contribution in [0.1, 0.15) is 28.2 Å². The number of para-hydroxylation sites is 1. The second-order valence-electron chi connectivity index (χ2n) is 10.3. The summed E-state index contributed by atoms with van der Waals surface area (Å²) in [6.45, 7) is 0.144. The standard InChI is InChI=1S/C34H30N4O5/c39-32(37-38-34(41)43-21-29-27-15-6-4-13-25(27)26-14-5-7-16-28(26)29)31(18-23-19-35-30-17-9-8-12-24(23)30)36-33(40)42-20-22-10-2-1-3-11-22/h1-17,19,29,31,35H,18,20-21H2,(H,36,40)(H,37,39)(H,38,41)/t31-/m1/s1. The van der Waals surface area contributed by atoms with Crippen molar-refractivity contribution in [2.75, 3.05) is 6.61 Å². The summed E-state index contributed by atoms with van der Waals surface area (Å²) < 4.78 is 10.9. The molecule has 0 saturated carbocycles. The van der Waals surface area contributed by atoms with Crippen LogP contribution in [0.2, 0.25) is 0 Å². The van der Waals surface area contributed by atoms with Gasteiger partial charge in [0.15, 0.2) is 0 Å². The molecule has 43 heavy (non-hydrogen) atoms. The van der Waals surface area contributed by atoms with E-state index in [0.717, 1.165) is 44.3 Å². The minimum absolute atomic E-state index is 0.0477. The lowest BCUT2D eigenvalue weighted by Gasteiger charge is -2.19. The number of carbonyl (C=O) groups is 3. The number of benzene rings is 4. The van der Waals surface area contributed by atoms with Crippen LogP contribution in [0.25, 0.3) is 22.0 Å². The van der Waals surface area contributed by atoms with Gasteiger partial charge in [0, 0.05) is 29.4 Å². The number of H-pyrrole nitrogens is 1. The van der Waals surface area contributed by atoms with E-state index in [2.05, 4.69) is 33.3 Å². The van der Waals surface area contributed by atoms with E-state index in [9.17, 15) is 14.4 Å². The maximum atomic E-state index is 13.2. The third-order valence-corrected chi connectivity index (χ3v) is 7.55. The summed E-state index contributed by atoms with van der Waals surface area (Å²) in [4.78, 5) is 41.8. The Morgan fingerprint density at radius 2 is 1.37 bits per heavy atom. The van der Waals surface area contributed by atoms with E-state index in [1.54, 1.807) is 6.20 Å². The summed E-state index contributed by atoms with van der Waals surface area (Å²) in [5.41, 5.74) is 11.6. The van der Waals surface area contributed by atoms with Crippen LogP contribution in [0.4, 0.5) is 9.59 Å². The minimum atomic E-state index is -1.05. The molecule has 4 aromatic carbocycles. The van der Waals surface area contributed by atoms with Crippen molar-refractivity contribution >= 4 is 29.0 Å². The van der Waals surface area contributed by atoms with E-state index in [1.165, 1.54) is 0 Å². The van der Waals surface area contributed by atoms with E-state index < -0.39 is 24.1 Å². The van der Waals surface area contributed by atoms with Crippen molar-refractivity contribution in [3.05, 3.63) is 132 Å². The Bertz CT molecular complexity index is 1720. The predicted molar refractivity (Wildman–Crippen MR) is 162 cm³/mol. The molecule has 0 saturated heterocycles. The lowest BCUT2D eigenvalue weighted by atomic mass is 9.98. The largest absolute Gasteiger partial charge is 0.447 e. The minimum Gasteiger partial charge on any atom is -0.447 e. The molecule has 1 aliphatic rings. The van der Waals surface area contributed by atoms with Crippen molar-refractivity contribution in [3.8, 4) is 11.1 Å². The van der Waals surface area contributed by atoms with Crippen molar-refractivity contribution < 1.29 is 23.9 Å². The highest BCUT2D eigenvalue weighted by Gasteiger charge is 2.29. The first-order valence-corrected chi connectivity index (χ1v) is 14.0. The van der Waals surface area contributed by atoms with Crippen LogP contribution in [0.15, 0.2) is 109 Å². The number of ether oxygens (including phenoxy) is 2. The molecular formula is C34H30N4O5. The summed E-state index contributed by atoms with van der Waals surface area (Å²) in [7, 11) is 0. The van der Waals surface area contributed by atoms with Gasteiger partial charge in [-0.25, -0.2) is 15.0 Å². The molecule has 0 spiro atoms. The zero-order valence-electron chi connectivity index (χ0n) is 23.2. The number of amides is 3. The molecule has 1 aliphatic carbocycles. The average molecular weight is 575 g/mol. The quantitative estimate of drug-likeness (QED) is 0.181.